The van der Waals surface area contributed by atoms with Crippen LogP contribution in [0.1, 0.15) is 12.5 Å². The van der Waals surface area contributed by atoms with E-state index in [1.54, 1.807) is 6.92 Å². The van der Waals surface area contributed by atoms with Crippen LogP contribution < -0.4 is 5.73 Å². The minimum absolute atomic E-state index is 0.118. The molecule has 0 saturated carbocycles. The first kappa shape index (κ1) is 11.2. The SMILES string of the molecule is CC(N)(CO)c1cccc(I)c1Cl. The fourth-order valence-electron chi connectivity index (χ4n) is 1.03. The van der Waals surface area contributed by atoms with Crippen molar-refractivity contribution in [2.24, 2.45) is 5.73 Å². The molecule has 1 atom stereocenters. The van der Waals surface area contributed by atoms with Crippen LogP contribution in [0.3, 0.4) is 0 Å². The van der Waals surface area contributed by atoms with Crippen molar-refractivity contribution in [2.75, 3.05) is 6.61 Å². The average molecular weight is 312 g/mol. The predicted octanol–water partition coefficient (Wildman–Crippen LogP) is 2.11. The Kier molecular flexibility index (Phi) is 3.57. The molecular formula is C9H11ClINO. The highest BCUT2D eigenvalue weighted by Crippen LogP contribution is 2.29. The molecule has 1 aromatic rings. The van der Waals surface area contributed by atoms with Crippen LogP contribution in [-0.2, 0) is 5.54 Å². The second-order valence-corrected chi connectivity index (χ2v) is 4.72. The highest BCUT2D eigenvalue weighted by molar-refractivity contribution is 14.1. The molecule has 1 rings (SSSR count). The van der Waals surface area contributed by atoms with E-state index >= 15 is 0 Å². The third kappa shape index (κ3) is 2.34. The predicted molar refractivity (Wildman–Crippen MR) is 62.8 cm³/mol. The van der Waals surface area contributed by atoms with Gasteiger partial charge in [-0.25, -0.2) is 0 Å². The van der Waals surface area contributed by atoms with Crippen molar-refractivity contribution in [1.82, 2.24) is 0 Å². The lowest BCUT2D eigenvalue weighted by Gasteiger charge is -2.23. The first-order valence-corrected chi connectivity index (χ1v) is 5.29. The van der Waals surface area contributed by atoms with Crippen LogP contribution in [0.25, 0.3) is 0 Å². The molecule has 13 heavy (non-hydrogen) atoms. The van der Waals surface area contributed by atoms with Gasteiger partial charge in [0.05, 0.1) is 17.2 Å². The molecule has 0 aliphatic heterocycles. The Morgan fingerprint density at radius 1 is 1.62 bits per heavy atom. The average Bonchev–Trinajstić information content (AvgIpc) is 2.09. The molecule has 0 aliphatic rings. The Labute approximate surface area is 96.2 Å². The minimum atomic E-state index is -0.766. The van der Waals surface area contributed by atoms with E-state index in [-0.39, 0.29) is 6.61 Å². The summed E-state index contributed by atoms with van der Waals surface area (Å²) in [7, 11) is 0. The van der Waals surface area contributed by atoms with Crippen molar-refractivity contribution >= 4 is 34.2 Å². The Balaban J connectivity index is 3.22. The van der Waals surface area contributed by atoms with Gasteiger partial charge in [0.15, 0.2) is 0 Å². The normalized spacial score (nSPS) is 15.5. The number of hydrogen-bond acceptors (Lipinski definition) is 2. The second kappa shape index (κ2) is 4.13. The van der Waals surface area contributed by atoms with E-state index in [2.05, 4.69) is 22.6 Å². The molecule has 1 aromatic carbocycles. The molecule has 3 N–H and O–H groups in total. The molecule has 0 aromatic heterocycles. The van der Waals surface area contributed by atoms with E-state index in [9.17, 15) is 0 Å². The fraction of sp³-hybridized carbons (Fsp3) is 0.333. The maximum absolute atomic E-state index is 9.08. The fourth-order valence-corrected chi connectivity index (χ4v) is 1.87. The molecule has 0 heterocycles. The van der Waals surface area contributed by atoms with Gasteiger partial charge in [0.2, 0.25) is 0 Å². The summed E-state index contributed by atoms with van der Waals surface area (Å²) in [6.45, 7) is 1.64. The summed E-state index contributed by atoms with van der Waals surface area (Å²) in [5.41, 5.74) is 5.88. The van der Waals surface area contributed by atoms with Gasteiger partial charge in [0.25, 0.3) is 0 Å². The number of halogens is 2. The third-order valence-electron chi connectivity index (χ3n) is 1.90. The smallest absolute Gasteiger partial charge is 0.0651 e. The Morgan fingerprint density at radius 2 is 2.23 bits per heavy atom. The van der Waals surface area contributed by atoms with Gasteiger partial charge in [-0.1, -0.05) is 23.7 Å². The molecule has 4 heteroatoms. The summed E-state index contributed by atoms with van der Waals surface area (Å²) >= 11 is 8.20. The molecule has 0 fully saturated rings. The zero-order valence-electron chi connectivity index (χ0n) is 7.22. The topological polar surface area (TPSA) is 46.2 Å². The number of hydrogen-bond donors (Lipinski definition) is 2. The molecule has 72 valence electrons. The first-order chi connectivity index (χ1) is 5.99. The third-order valence-corrected chi connectivity index (χ3v) is 3.52. The van der Waals surface area contributed by atoms with Crippen molar-refractivity contribution < 1.29 is 5.11 Å². The van der Waals surface area contributed by atoms with E-state index in [1.807, 2.05) is 18.2 Å². The molecule has 0 aliphatic carbocycles. The maximum Gasteiger partial charge on any atom is 0.0651 e. The van der Waals surface area contributed by atoms with Crippen LogP contribution in [0.15, 0.2) is 18.2 Å². The molecule has 1 unspecified atom stereocenters. The standard InChI is InChI=1S/C9H11ClINO/c1-9(12,5-13)6-3-2-4-7(11)8(6)10/h2-4,13H,5,12H2,1H3. The number of rotatable bonds is 2. The van der Waals surface area contributed by atoms with Gasteiger partial charge < -0.3 is 10.8 Å². The first-order valence-electron chi connectivity index (χ1n) is 3.83. The van der Waals surface area contributed by atoms with Crippen molar-refractivity contribution in [3.8, 4) is 0 Å². The Morgan fingerprint density at radius 3 is 2.77 bits per heavy atom. The summed E-state index contributed by atoms with van der Waals surface area (Å²) in [4.78, 5) is 0. The van der Waals surface area contributed by atoms with Gasteiger partial charge in [-0.2, -0.15) is 0 Å². The van der Waals surface area contributed by atoms with Crippen molar-refractivity contribution in [2.45, 2.75) is 12.5 Å². The number of benzene rings is 1. The second-order valence-electron chi connectivity index (χ2n) is 3.18. The van der Waals surface area contributed by atoms with Crippen LogP contribution in [0.4, 0.5) is 0 Å². The van der Waals surface area contributed by atoms with Crippen LogP contribution in [0.5, 0.6) is 0 Å². The Hall–Kier alpha value is 0.160. The summed E-state index contributed by atoms with van der Waals surface area (Å²) in [6, 6.07) is 5.62. The molecule has 0 spiro atoms. The molecule has 0 amide bonds. The van der Waals surface area contributed by atoms with Crippen molar-refractivity contribution in [1.29, 1.82) is 0 Å². The van der Waals surface area contributed by atoms with Crippen LogP contribution in [0.2, 0.25) is 5.02 Å². The van der Waals surface area contributed by atoms with Gasteiger partial charge in [0.1, 0.15) is 0 Å². The highest BCUT2D eigenvalue weighted by Gasteiger charge is 2.23. The zero-order chi connectivity index (χ0) is 10.1. The van der Waals surface area contributed by atoms with Crippen LogP contribution in [-0.4, -0.2) is 11.7 Å². The van der Waals surface area contributed by atoms with Crippen molar-refractivity contribution in [3.63, 3.8) is 0 Å². The summed E-state index contributed by atoms with van der Waals surface area (Å²) in [5.74, 6) is 0. The van der Waals surface area contributed by atoms with E-state index in [1.165, 1.54) is 0 Å². The maximum atomic E-state index is 9.08. The highest BCUT2D eigenvalue weighted by atomic mass is 127. The van der Waals surface area contributed by atoms with Gasteiger partial charge in [0, 0.05) is 3.57 Å². The van der Waals surface area contributed by atoms with Gasteiger partial charge in [-0.15, -0.1) is 0 Å². The van der Waals surface area contributed by atoms with E-state index in [0.717, 1.165) is 9.13 Å². The van der Waals surface area contributed by atoms with Crippen LogP contribution in [0, 0.1) is 3.57 Å². The lowest BCUT2D eigenvalue weighted by molar-refractivity contribution is 0.210. The number of aliphatic hydroxyl groups excluding tert-OH is 1. The van der Waals surface area contributed by atoms with Crippen LogP contribution >= 0.6 is 34.2 Å². The van der Waals surface area contributed by atoms with E-state index in [0.29, 0.717) is 5.02 Å². The lowest BCUT2D eigenvalue weighted by atomic mass is 9.94. The van der Waals surface area contributed by atoms with Gasteiger partial charge >= 0.3 is 0 Å². The molecule has 0 saturated heterocycles. The monoisotopic (exact) mass is 311 g/mol. The summed E-state index contributed by atoms with van der Waals surface area (Å²) in [5, 5.41) is 9.70. The number of aliphatic hydroxyl groups is 1. The summed E-state index contributed by atoms with van der Waals surface area (Å²) < 4.78 is 0.946. The Bertz CT molecular complexity index is 314. The van der Waals surface area contributed by atoms with Gasteiger partial charge in [-0.05, 0) is 41.1 Å². The molecule has 0 radical (unpaired) electrons. The molecule has 2 nitrogen and oxygen atoms in total. The largest absolute Gasteiger partial charge is 0.394 e. The van der Waals surface area contributed by atoms with Gasteiger partial charge in [-0.3, -0.25) is 0 Å². The zero-order valence-corrected chi connectivity index (χ0v) is 10.1. The number of nitrogens with two attached hydrogens (primary N) is 1. The van der Waals surface area contributed by atoms with E-state index in [4.69, 9.17) is 22.4 Å². The molecular weight excluding hydrogens is 300 g/mol. The van der Waals surface area contributed by atoms with Crippen molar-refractivity contribution in [3.05, 3.63) is 32.4 Å². The van der Waals surface area contributed by atoms with E-state index < -0.39 is 5.54 Å². The summed E-state index contributed by atoms with van der Waals surface area (Å²) in [6.07, 6.45) is 0. The lowest BCUT2D eigenvalue weighted by Crippen LogP contribution is -2.37. The minimum Gasteiger partial charge on any atom is -0.394 e. The quantitative estimate of drug-likeness (QED) is 0.822. The molecule has 0 bridgehead atoms.